The van der Waals surface area contributed by atoms with Gasteiger partial charge in [-0.15, -0.1) is 11.8 Å². The molecule has 4 heteroatoms. The van der Waals surface area contributed by atoms with Gasteiger partial charge < -0.3 is 10.8 Å². The zero-order valence-electron chi connectivity index (χ0n) is 10.3. The third kappa shape index (κ3) is 5.91. The quantitative estimate of drug-likeness (QED) is 0.791. The topological polar surface area (TPSA) is 46.2 Å². The minimum atomic E-state index is -0.439. The number of rotatable bonds is 6. The molecule has 96 valence electrons. The van der Waals surface area contributed by atoms with E-state index in [4.69, 9.17) is 5.73 Å². The number of hydrogen-bond donors (Lipinski definition) is 2. The van der Waals surface area contributed by atoms with Crippen LogP contribution in [0.25, 0.3) is 0 Å². The molecular weight excluding hydrogens is 298 g/mol. The van der Waals surface area contributed by atoms with Crippen LogP contribution >= 0.6 is 27.7 Å². The summed E-state index contributed by atoms with van der Waals surface area (Å²) in [6.07, 6.45) is 0.424. The molecule has 2 atom stereocenters. The van der Waals surface area contributed by atoms with Crippen molar-refractivity contribution in [2.24, 2.45) is 11.7 Å². The fourth-order valence-corrected chi connectivity index (χ4v) is 2.74. The van der Waals surface area contributed by atoms with Crippen molar-refractivity contribution in [3.63, 3.8) is 0 Å². The summed E-state index contributed by atoms with van der Waals surface area (Å²) in [7, 11) is 0. The summed E-state index contributed by atoms with van der Waals surface area (Å²) in [6, 6.07) is 7.95. The Morgan fingerprint density at radius 1 is 1.29 bits per heavy atom. The van der Waals surface area contributed by atoms with Gasteiger partial charge in [-0.1, -0.05) is 29.8 Å². The second-order valence-corrected chi connectivity index (χ2v) is 6.63. The van der Waals surface area contributed by atoms with Gasteiger partial charge in [-0.3, -0.25) is 0 Å². The molecule has 0 fully saturated rings. The summed E-state index contributed by atoms with van der Waals surface area (Å²) in [5.41, 5.74) is 5.94. The second kappa shape index (κ2) is 7.41. The summed E-state index contributed by atoms with van der Waals surface area (Å²) in [5, 5.41) is 9.93. The van der Waals surface area contributed by atoms with E-state index in [2.05, 4.69) is 29.8 Å². The first-order chi connectivity index (χ1) is 7.99. The highest BCUT2D eigenvalue weighted by Crippen LogP contribution is 2.22. The molecule has 0 spiro atoms. The molecule has 1 aromatic rings. The van der Waals surface area contributed by atoms with Crippen LogP contribution in [0.3, 0.4) is 0 Å². The van der Waals surface area contributed by atoms with Gasteiger partial charge in [0, 0.05) is 21.2 Å². The van der Waals surface area contributed by atoms with Gasteiger partial charge >= 0.3 is 0 Å². The van der Waals surface area contributed by atoms with Crippen LogP contribution in [-0.4, -0.2) is 23.0 Å². The molecule has 0 heterocycles. The number of thioether (sulfide) groups is 1. The molecular formula is C13H20BrNOS. The summed E-state index contributed by atoms with van der Waals surface area (Å²) in [4.78, 5) is 1.16. The van der Waals surface area contributed by atoms with Gasteiger partial charge in [0.05, 0.1) is 6.10 Å². The van der Waals surface area contributed by atoms with Crippen LogP contribution in [0.15, 0.2) is 33.6 Å². The predicted octanol–water partition coefficient (Wildman–Crippen LogP) is 3.28. The van der Waals surface area contributed by atoms with Crippen molar-refractivity contribution in [1.82, 2.24) is 0 Å². The lowest BCUT2D eigenvalue weighted by Crippen LogP contribution is -2.37. The monoisotopic (exact) mass is 317 g/mol. The van der Waals surface area contributed by atoms with Gasteiger partial charge in [-0.25, -0.2) is 0 Å². The first-order valence-corrected chi connectivity index (χ1v) is 7.59. The van der Waals surface area contributed by atoms with E-state index in [1.807, 2.05) is 24.3 Å². The van der Waals surface area contributed by atoms with E-state index in [1.165, 1.54) is 0 Å². The van der Waals surface area contributed by atoms with Gasteiger partial charge in [0.25, 0.3) is 0 Å². The molecule has 0 aliphatic carbocycles. The average molecular weight is 318 g/mol. The van der Waals surface area contributed by atoms with Crippen molar-refractivity contribution in [3.8, 4) is 0 Å². The highest BCUT2D eigenvalue weighted by atomic mass is 79.9. The molecule has 17 heavy (non-hydrogen) atoms. The predicted molar refractivity (Wildman–Crippen MR) is 78.3 cm³/mol. The average Bonchev–Trinajstić information content (AvgIpc) is 2.27. The maximum absolute atomic E-state index is 9.93. The Balaban J connectivity index is 2.37. The lowest BCUT2D eigenvalue weighted by molar-refractivity contribution is 0.157. The highest BCUT2D eigenvalue weighted by Gasteiger charge is 2.16. The van der Waals surface area contributed by atoms with Gasteiger partial charge in [-0.2, -0.15) is 0 Å². The van der Waals surface area contributed by atoms with Crippen molar-refractivity contribution in [2.75, 3.05) is 5.75 Å². The lowest BCUT2D eigenvalue weighted by Gasteiger charge is -2.20. The van der Waals surface area contributed by atoms with Crippen molar-refractivity contribution >= 4 is 27.7 Å². The first-order valence-electron chi connectivity index (χ1n) is 5.81. The summed E-state index contributed by atoms with van der Waals surface area (Å²) in [6.45, 7) is 4.24. The second-order valence-electron chi connectivity index (χ2n) is 4.63. The Kier molecular flexibility index (Phi) is 6.55. The van der Waals surface area contributed by atoms with Crippen LogP contribution < -0.4 is 5.73 Å². The summed E-state index contributed by atoms with van der Waals surface area (Å²) < 4.78 is 1.07. The number of hydrogen-bond acceptors (Lipinski definition) is 3. The van der Waals surface area contributed by atoms with Crippen LogP contribution in [0, 0.1) is 5.92 Å². The number of halogens is 1. The minimum Gasteiger partial charge on any atom is -0.391 e. The molecule has 0 bridgehead atoms. The Morgan fingerprint density at radius 3 is 2.41 bits per heavy atom. The number of aliphatic hydroxyl groups is 1. The normalized spacial score (nSPS) is 14.9. The van der Waals surface area contributed by atoms with E-state index in [9.17, 15) is 5.11 Å². The van der Waals surface area contributed by atoms with E-state index in [0.29, 0.717) is 11.7 Å². The SMILES string of the molecule is CC(C)CC(N)C(O)CSc1ccc(Br)cc1. The largest absolute Gasteiger partial charge is 0.391 e. The van der Waals surface area contributed by atoms with Crippen molar-refractivity contribution in [3.05, 3.63) is 28.7 Å². The molecule has 0 aliphatic rings. The van der Waals surface area contributed by atoms with E-state index in [-0.39, 0.29) is 6.04 Å². The van der Waals surface area contributed by atoms with Crippen LogP contribution in [0.1, 0.15) is 20.3 Å². The van der Waals surface area contributed by atoms with Gasteiger partial charge in [0.15, 0.2) is 0 Å². The van der Waals surface area contributed by atoms with Crippen LogP contribution in [-0.2, 0) is 0 Å². The Hall–Kier alpha value is -0.0300. The Labute approximate surface area is 116 Å². The third-order valence-corrected chi connectivity index (χ3v) is 4.11. The van der Waals surface area contributed by atoms with Gasteiger partial charge in [-0.05, 0) is 36.6 Å². The van der Waals surface area contributed by atoms with Crippen LogP contribution in [0.5, 0.6) is 0 Å². The van der Waals surface area contributed by atoms with Gasteiger partial charge in [0.1, 0.15) is 0 Å². The maximum Gasteiger partial charge on any atom is 0.0784 e. The van der Waals surface area contributed by atoms with E-state index >= 15 is 0 Å². The Morgan fingerprint density at radius 2 is 1.88 bits per heavy atom. The maximum atomic E-state index is 9.93. The van der Waals surface area contributed by atoms with Gasteiger partial charge in [0.2, 0.25) is 0 Å². The lowest BCUT2D eigenvalue weighted by atomic mass is 10.0. The molecule has 2 nitrogen and oxygen atoms in total. The smallest absolute Gasteiger partial charge is 0.0784 e. The standard InChI is InChI=1S/C13H20BrNOS/c1-9(2)7-12(15)13(16)8-17-11-5-3-10(14)4-6-11/h3-6,9,12-13,16H,7-8,15H2,1-2H3. The summed E-state index contributed by atoms with van der Waals surface area (Å²) in [5.74, 6) is 1.17. The van der Waals surface area contributed by atoms with Crippen molar-refractivity contribution < 1.29 is 5.11 Å². The van der Waals surface area contributed by atoms with Crippen molar-refractivity contribution in [1.29, 1.82) is 0 Å². The molecule has 0 radical (unpaired) electrons. The number of aliphatic hydroxyl groups excluding tert-OH is 1. The Bertz CT molecular complexity index is 329. The first kappa shape index (κ1) is 15.0. The third-order valence-electron chi connectivity index (χ3n) is 2.47. The molecule has 1 aromatic carbocycles. The van der Waals surface area contributed by atoms with E-state index in [0.717, 1.165) is 15.8 Å². The van der Waals surface area contributed by atoms with Crippen LogP contribution in [0.4, 0.5) is 0 Å². The molecule has 2 unspecified atom stereocenters. The fourth-order valence-electron chi connectivity index (χ4n) is 1.54. The van der Waals surface area contributed by atoms with E-state index < -0.39 is 6.10 Å². The molecule has 0 aromatic heterocycles. The summed E-state index contributed by atoms with van der Waals surface area (Å²) >= 11 is 5.04. The van der Waals surface area contributed by atoms with Crippen LogP contribution in [0.2, 0.25) is 0 Å². The fraction of sp³-hybridized carbons (Fsp3) is 0.538. The number of benzene rings is 1. The molecule has 0 aliphatic heterocycles. The molecule has 0 amide bonds. The molecule has 0 saturated carbocycles. The molecule has 3 N–H and O–H groups in total. The molecule has 1 rings (SSSR count). The highest BCUT2D eigenvalue weighted by molar-refractivity contribution is 9.10. The molecule has 0 saturated heterocycles. The zero-order valence-corrected chi connectivity index (χ0v) is 12.7. The van der Waals surface area contributed by atoms with E-state index in [1.54, 1.807) is 11.8 Å². The minimum absolute atomic E-state index is 0.127. The van der Waals surface area contributed by atoms with Crippen molar-refractivity contribution in [2.45, 2.75) is 37.3 Å². The zero-order chi connectivity index (χ0) is 12.8. The number of nitrogens with two attached hydrogens (primary N) is 1.